The number of nitrogens with zero attached hydrogens (tertiary/aromatic N) is 4. The van der Waals surface area contributed by atoms with Gasteiger partial charge in [0.2, 0.25) is 5.75 Å². The van der Waals surface area contributed by atoms with Crippen LogP contribution in [0.15, 0.2) is 41.3 Å². The summed E-state index contributed by atoms with van der Waals surface area (Å²) in [7, 11) is 6.66. The fourth-order valence-corrected chi connectivity index (χ4v) is 2.92. The molecule has 0 radical (unpaired) electrons. The highest BCUT2D eigenvalue weighted by Gasteiger charge is 2.17. The molecule has 2 aromatic heterocycles. The molecule has 8 heteroatoms. The summed E-state index contributed by atoms with van der Waals surface area (Å²) in [6.45, 7) is 0.891. The van der Waals surface area contributed by atoms with Gasteiger partial charge in [-0.15, -0.1) is 5.10 Å². The van der Waals surface area contributed by atoms with Crippen molar-refractivity contribution in [1.82, 2.24) is 19.1 Å². The predicted octanol–water partition coefficient (Wildman–Crippen LogP) is 1.61. The quantitative estimate of drug-likeness (QED) is 0.639. The molecule has 8 nitrogen and oxygen atoms in total. The Labute approximate surface area is 151 Å². The Morgan fingerprint density at radius 1 is 1.04 bits per heavy atom. The van der Waals surface area contributed by atoms with Crippen LogP contribution in [0.5, 0.6) is 17.2 Å². The van der Waals surface area contributed by atoms with E-state index in [1.54, 1.807) is 39.7 Å². The van der Waals surface area contributed by atoms with Gasteiger partial charge in [-0.05, 0) is 25.2 Å². The number of pyridine rings is 1. The van der Waals surface area contributed by atoms with E-state index in [1.807, 2.05) is 30.1 Å². The molecule has 0 aliphatic rings. The lowest BCUT2D eigenvalue weighted by atomic mass is 10.1. The third-order valence-corrected chi connectivity index (χ3v) is 4.09. The lowest BCUT2D eigenvalue weighted by Gasteiger charge is -2.20. The van der Waals surface area contributed by atoms with Gasteiger partial charge in [0.05, 0.1) is 28.0 Å². The molecule has 0 fully saturated rings. The topological polar surface area (TPSA) is 70.2 Å². The summed E-state index contributed by atoms with van der Waals surface area (Å²) in [5, 5.41) is 4.35. The average Bonchev–Trinajstić information content (AvgIpc) is 2.97. The molecule has 0 bridgehead atoms. The normalized spacial score (nSPS) is 11.1. The number of hydrogen-bond acceptors (Lipinski definition) is 6. The highest BCUT2D eigenvalue weighted by Crippen LogP contribution is 2.40. The van der Waals surface area contributed by atoms with Crippen molar-refractivity contribution in [3.8, 4) is 17.2 Å². The minimum Gasteiger partial charge on any atom is -0.493 e. The fourth-order valence-electron chi connectivity index (χ4n) is 2.92. The van der Waals surface area contributed by atoms with E-state index in [0.29, 0.717) is 36.1 Å². The Balaban J connectivity index is 1.84. The summed E-state index contributed by atoms with van der Waals surface area (Å²) in [5.74, 6) is 1.76. The van der Waals surface area contributed by atoms with Gasteiger partial charge in [-0.1, -0.05) is 12.1 Å². The summed E-state index contributed by atoms with van der Waals surface area (Å²) in [6.07, 6.45) is 1.71. The molecule has 0 N–H and O–H groups in total. The third kappa shape index (κ3) is 3.23. The van der Waals surface area contributed by atoms with Crippen molar-refractivity contribution in [1.29, 1.82) is 0 Å². The molecule has 0 saturated carbocycles. The number of fused-ring (bicyclic) bond motifs is 1. The molecular formula is C18H22N4O4. The van der Waals surface area contributed by atoms with Crippen LogP contribution in [0.1, 0.15) is 5.56 Å². The summed E-state index contributed by atoms with van der Waals surface area (Å²) in [4.78, 5) is 14.4. The SMILES string of the molecule is COc1ccc(CN(C)Cn2nc3ccccn3c2=O)c(OC)c1OC. The van der Waals surface area contributed by atoms with E-state index in [2.05, 4.69) is 5.10 Å². The zero-order valence-corrected chi connectivity index (χ0v) is 15.3. The largest absolute Gasteiger partial charge is 0.493 e. The van der Waals surface area contributed by atoms with E-state index < -0.39 is 0 Å². The second-order valence-electron chi connectivity index (χ2n) is 5.86. The van der Waals surface area contributed by atoms with Crippen molar-refractivity contribution < 1.29 is 14.2 Å². The Kier molecular flexibility index (Phi) is 5.13. The van der Waals surface area contributed by atoms with Crippen LogP contribution in [0.4, 0.5) is 0 Å². The van der Waals surface area contributed by atoms with E-state index in [9.17, 15) is 4.79 Å². The van der Waals surface area contributed by atoms with Gasteiger partial charge in [0.25, 0.3) is 0 Å². The Morgan fingerprint density at radius 2 is 1.81 bits per heavy atom. The molecule has 0 aliphatic carbocycles. The summed E-state index contributed by atoms with van der Waals surface area (Å²) >= 11 is 0. The number of ether oxygens (including phenoxy) is 3. The van der Waals surface area contributed by atoms with Crippen LogP contribution in [-0.2, 0) is 13.2 Å². The maximum Gasteiger partial charge on any atom is 0.351 e. The van der Waals surface area contributed by atoms with Crippen molar-refractivity contribution in [2.24, 2.45) is 0 Å². The first-order chi connectivity index (χ1) is 12.6. The van der Waals surface area contributed by atoms with Crippen LogP contribution in [0.2, 0.25) is 0 Å². The monoisotopic (exact) mass is 358 g/mol. The van der Waals surface area contributed by atoms with E-state index in [-0.39, 0.29) is 5.69 Å². The number of hydrogen-bond donors (Lipinski definition) is 0. The molecule has 138 valence electrons. The van der Waals surface area contributed by atoms with Crippen molar-refractivity contribution in [3.63, 3.8) is 0 Å². The van der Waals surface area contributed by atoms with Crippen LogP contribution in [0.3, 0.4) is 0 Å². The van der Waals surface area contributed by atoms with Crippen LogP contribution in [0, 0.1) is 0 Å². The number of aromatic nitrogens is 3. The number of benzene rings is 1. The van der Waals surface area contributed by atoms with Gasteiger partial charge in [-0.25, -0.2) is 4.79 Å². The number of methoxy groups -OCH3 is 3. The molecule has 0 aliphatic heterocycles. The van der Waals surface area contributed by atoms with E-state index in [4.69, 9.17) is 14.2 Å². The van der Waals surface area contributed by atoms with Crippen molar-refractivity contribution in [3.05, 3.63) is 52.6 Å². The predicted molar refractivity (Wildman–Crippen MR) is 97.0 cm³/mol. The molecule has 0 atom stereocenters. The van der Waals surface area contributed by atoms with Gasteiger partial charge >= 0.3 is 5.69 Å². The second kappa shape index (κ2) is 7.49. The molecule has 0 saturated heterocycles. The summed E-state index contributed by atoms with van der Waals surface area (Å²) < 4.78 is 19.2. The zero-order chi connectivity index (χ0) is 18.7. The first-order valence-electron chi connectivity index (χ1n) is 8.09. The molecule has 0 amide bonds. The molecule has 0 unspecified atom stereocenters. The first-order valence-corrected chi connectivity index (χ1v) is 8.09. The molecule has 3 aromatic rings. The highest BCUT2D eigenvalue weighted by atomic mass is 16.5. The van der Waals surface area contributed by atoms with Gasteiger partial charge in [-0.2, -0.15) is 4.68 Å². The van der Waals surface area contributed by atoms with E-state index in [0.717, 1.165) is 5.56 Å². The summed E-state index contributed by atoms with van der Waals surface area (Å²) in [6, 6.07) is 9.21. The van der Waals surface area contributed by atoms with Crippen LogP contribution in [-0.4, -0.2) is 47.5 Å². The summed E-state index contributed by atoms with van der Waals surface area (Å²) in [5.41, 5.74) is 1.37. The van der Waals surface area contributed by atoms with Crippen LogP contribution < -0.4 is 19.9 Å². The first kappa shape index (κ1) is 17.8. The lowest BCUT2D eigenvalue weighted by Crippen LogP contribution is -2.30. The maximum absolute atomic E-state index is 12.4. The average molecular weight is 358 g/mol. The standard InChI is InChI=1S/C18H22N4O4/c1-20(12-22-18(23)21-10-6-5-7-15(21)19-22)11-13-8-9-14(24-2)17(26-4)16(13)25-3/h5-10H,11-12H2,1-4H3. The van der Waals surface area contributed by atoms with Crippen LogP contribution in [0.25, 0.3) is 5.65 Å². The smallest absolute Gasteiger partial charge is 0.351 e. The molecule has 3 rings (SSSR count). The molecule has 26 heavy (non-hydrogen) atoms. The molecule has 2 heterocycles. The molecule has 1 aromatic carbocycles. The Morgan fingerprint density at radius 3 is 2.46 bits per heavy atom. The van der Waals surface area contributed by atoms with Crippen molar-refractivity contribution in [2.45, 2.75) is 13.2 Å². The van der Waals surface area contributed by atoms with E-state index in [1.165, 1.54) is 9.08 Å². The minimum atomic E-state index is -0.174. The second-order valence-corrected chi connectivity index (χ2v) is 5.86. The fraction of sp³-hybridized carbons (Fsp3) is 0.333. The van der Waals surface area contributed by atoms with Gasteiger partial charge in [0, 0.05) is 18.3 Å². The van der Waals surface area contributed by atoms with Crippen molar-refractivity contribution >= 4 is 5.65 Å². The Hall–Kier alpha value is -3.00. The van der Waals surface area contributed by atoms with Gasteiger partial charge in [0.15, 0.2) is 17.1 Å². The number of rotatable bonds is 7. The van der Waals surface area contributed by atoms with E-state index >= 15 is 0 Å². The van der Waals surface area contributed by atoms with Crippen molar-refractivity contribution in [2.75, 3.05) is 28.4 Å². The third-order valence-electron chi connectivity index (χ3n) is 4.09. The maximum atomic E-state index is 12.4. The molecule has 0 spiro atoms. The zero-order valence-electron chi connectivity index (χ0n) is 15.3. The Bertz CT molecular complexity index is 963. The van der Waals surface area contributed by atoms with Gasteiger partial charge in [-0.3, -0.25) is 9.30 Å². The van der Waals surface area contributed by atoms with Crippen LogP contribution >= 0.6 is 0 Å². The lowest BCUT2D eigenvalue weighted by molar-refractivity contribution is 0.237. The van der Waals surface area contributed by atoms with Gasteiger partial charge in [0.1, 0.15) is 0 Å². The van der Waals surface area contributed by atoms with Gasteiger partial charge < -0.3 is 14.2 Å². The molecular weight excluding hydrogens is 336 g/mol. The minimum absolute atomic E-state index is 0.174. The highest BCUT2D eigenvalue weighted by molar-refractivity contribution is 5.55.